The van der Waals surface area contributed by atoms with Crippen LogP contribution in [-0.4, -0.2) is 54.8 Å². The highest BCUT2D eigenvalue weighted by Crippen LogP contribution is 2.03. The molecule has 9 nitrogen and oxygen atoms in total. The summed E-state index contributed by atoms with van der Waals surface area (Å²) in [6.07, 6.45) is 8.06. The molecule has 0 aliphatic heterocycles. The van der Waals surface area contributed by atoms with E-state index in [1.807, 2.05) is 0 Å². The van der Waals surface area contributed by atoms with Gasteiger partial charge >= 0.3 is 0 Å². The van der Waals surface area contributed by atoms with Gasteiger partial charge in [-0.15, -0.1) is 0 Å². The van der Waals surface area contributed by atoms with E-state index in [4.69, 9.17) is 0 Å². The maximum absolute atomic E-state index is 12.2. The van der Waals surface area contributed by atoms with Crippen molar-refractivity contribution in [1.29, 1.82) is 0 Å². The number of aromatic nitrogens is 1. The van der Waals surface area contributed by atoms with E-state index in [9.17, 15) is 19.2 Å². The van der Waals surface area contributed by atoms with Gasteiger partial charge in [0, 0.05) is 38.6 Å². The number of amides is 4. The molecule has 162 valence electrons. The monoisotopic (exact) mass is 415 g/mol. The van der Waals surface area contributed by atoms with Crippen LogP contribution < -0.4 is 21.3 Å². The van der Waals surface area contributed by atoms with Crippen LogP contribution in [-0.2, 0) is 9.59 Å². The van der Waals surface area contributed by atoms with Crippen molar-refractivity contribution >= 4 is 23.6 Å². The molecule has 4 amide bonds. The Morgan fingerprint density at radius 3 is 1.43 bits per heavy atom. The third kappa shape index (κ3) is 10.2. The Hall–Kier alpha value is -3.49. The minimum absolute atomic E-state index is 0.223. The van der Waals surface area contributed by atoms with Gasteiger partial charge < -0.3 is 21.3 Å². The Morgan fingerprint density at radius 2 is 1.07 bits per heavy atom. The Morgan fingerprint density at radius 1 is 0.700 bits per heavy atom. The molecule has 0 atom stereocenters. The number of hydrogen-bond donors (Lipinski definition) is 4. The molecule has 9 heteroatoms. The van der Waals surface area contributed by atoms with E-state index >= 15 is 0 Å². The van der Waals surface area contributed by atoms with Crippen LogP contribution in [0, 0.1) is 0 Å². The summed E-state index contributed by atoms with van der Waals surface area (Å²) in [6.45, 7) is 8.65. The number of nitrogens with one attached hydrogen (secondary N) is 4. The zero-order valence-corrected chi connectivity index (χ0v) is 17.0. The van der Waals surface area contributed by atoms with Crippen molar-refractivity contribution in [3.05, 3.63) is 54.9 Å². The van der Waals surface area contributed by atoms with E-state index in [-0.39, 0.29) is 23.6 Å². The lowest BCUT2D eigenvalue weighted by Crippen LogP contribution is -2.28. The third-order valence-electron chi connectivity index (χ3n) is 4.01. The van der Waals surface area contributed by atoms with E-state index in [1.165, 1.54) is 30.6 Å². The molecule has 0 radical (unpaired) electrons. The maximum Gasteiger partial charge on any atom is 0.252 e. The van der Waals surface area contributed by atoms with E-state index in [0.29, 0.717) is 50.1 Å². The first-order valence-electron chi connectivity index (χ1n) is 9.80. The van der Waals surface area contributed by atoms with Crippen LogP contribution in [0.5, 0.6) is 0 Å². The zero-order chi connectivity index (χ0) is 22.2. The Balaban J connectivity index is 2.31. The molecule has 0 unspecified atom stereocenters. The van der Waals surface area contributed by atoms with Crippen LogP contribution in [0.25, 0.3) is 0 Å². The molecule has 0 bridgehead atoms. The molecular formula is C21H29N5O4. The van der Waals surface area contributed by atoms with Gasteiger partial charge in [0.15, 0.2) is 0 Å². The second-order valence-corrected chi connectivity index (χ2v) is 6.38. The predicted octanol–water partition coefficient (Wildman–Crippen LogP) is 0.706. The highest BCUT2D eigenvalue weighted by molar-refractivity contribution is 5.99. The van der Waals surface area contributed by atoms with Gasteiger partial charge in [-0.2, -0.15) is 0 Å². The summed E-state index contributed by atoms with van der Waals surface area (Å²) in [7, 11) is 0. The maximum atomic E-state index is 12.2. The normalized spacial score (nSPS) is 9.87. The number of unbranched alkanes of at least 4 members (excludes halogenated alkanes) is 2. The van der Waals surface area contributed by atoms with Crippen LogP contribution in [0.4, 0.5) is 0 Å². The van der Waals surface area contributed by atoms with E-state index in [2.05, 4.69) is 39.4 Å². The highest BCUT2D eigenvalue weighted by atomic mass is 16.2. The quantitative estimate of drug-likeness (QED) is 0.263. The van der Waals surface area contributed by atoms with Crippen LogP contribution in [0.15, 0.2) is 43.8 Å². The molecule has 30 heavy (non-hydrogen) atoms. The first-order chi connectivity index (χ1) is 14.5. The number of carbonyl (C=O) groups excluding carboxylic acids is 4. The molecule has 0 aliphatic carbocycles. The average molecular weight is 415 g/mol. The van der Waals surface area contributed by atoms with Crippen molar-refractivity contribution in [3.63, 3.8) is 0 Å². The van der Waals surface area contributed by atoms with E-state index < -0.39 is 0 Å². The first-order valence-corrected chi connectivity index (χ1v) is 9.80. The molecular weight excluding hydrogens is 386 g/mol. The van der Waals surface area contributed by atoms with Gasteiger partial charge in [0.1, 0.15) is 0 Å². The molecule has 1 aromatic heterocycles. The summed E-state index contributed by atoms with van der Waals surface area (Å²) in [5.74, 6) is -1.07. The molecule has 1 aromatic rings. The fraction of sp³-hybridized carbons (Fsp3) is 0.381. The number of pyridine rings is 1. The van der Waals surface area contributed by atoms with Crippen molar-refractivity contribution < 1.29 is 19.2 Å². The Labute approximate surface area is 176 Å². The third-order valence-corrected chi connectivity index (χ3v) is 4.01. The molecule has 0 saturated carbocycles. The van der Waals surface area contributed by atoms with Gasteiger partial charge in [0.05, 0.1) is 11.1 Å². The smallest absolute Gasteiger partial charge is 0.252 e. The molecule has 0 saturated heterocycles. The fourth-order valence-electron chi connectivity index (χ4n) is 2.36. The van der Waals surface area contributed by atoms with E-state index in [0.717, 1.165) is 12.8 Å². The Kier molecular flexibility index (Phi) is 11.9. The van der Waals surface area contributed by atoms with Crippen molar-refractivity contribution in [2.45, 2.75) is 25.7 Å². The van der Waals surface area contributed by atoms with Crippen LogP contribution >= 0.6 is 0 Å². The highest BCUT2D eigenvalue weighted by Gasteiger charge is 2.11. The summed E-state index contributed by atoms with van der Waals surface area (Å²) in [5, 5.41) is 10.8. The number of rotatable bonds is 14. The lowest BCUT2D eigenvalue weighted by molar-refractivity contribution is -0.117. The SMILES string of the molecule is C=CC(=O)NCCCCNC(=O)c1cncc(C(=O)NCCCCNC(=O)C=C)c1. The van der Waals surface area contributed by atoms with Gasteiger partial charge in [-0.1, -0.05) is 13.2 Å². The van der Waals surface area contributed by atoms with Gasteiger partial charge in [-0.3, -0.25) is 24.2 Å². The fourth-order valence-corrected chi connectivity index (χ4v) is 2.36. The standard InChI is InChI=1S/C21H29N5O4/c1-3-18(27)23-9-5-7-11-25-20(29)16-13-17(15-22-14-16)21(30)26-12-8-6-10-24-19(28)4-2/h3-4,13-15H,1-2,5-12H2,(H,23,27)(H,24,28)(H,25,29)(H,26,30). The summed E-state index contributed by atoms with van der Waals surface area (Å²) >= 11 is 0. The predicted molar refractivity (Wildman–Crippen MR) is 114 cm³/mol. The van der Waals surface area contributed by atoms with Gasteiger partial charge in [0.2, 0.25) is 11.8 Å². The largest absolute Gasteiger partial charge is 0.353 e. The van der Waals surface area contributed by atoms with E-state index in [1.54, 1.807) is 0 Å². The molecule has 1 rings (SSSR count). The molecule has 1 heterocycles. The number of nitrogens with zero attached hydrogens (tertiary/aromatic N) is 1. The number of carbonyl (C=O) groups is 4. The van der Waals surface area contributed by atoms with Crippen LogP contribution in [0.2, 0.25) is 0 Å². The number of hydrogen-bond acceptors (Lipinski definition) is 5. The van der Waals surface area contributed by atoms with Gasteiger partial charge in [-0.25, -0.2) is 0 Å². The minimum atomic E-state index is -0.315. The second-order valence-electron chi connectivity index (χ2n) is 6.38. The second kappa shape index (κ2) is 14.5. The molecule has 0 spiro atoms. The zero-order valence-electron chi connectivity index (χ0n) is 17.0. The molecule has 4 N–H and O–H groups in total. The summed E-state index contributed by atoms with van der Waals surface area (Å²) in [5.41, 5.74) is 0.601. The molecule has 0 aliphatic rings. The topological polar surface area (TPSA) is 129 Å². The summed E-state index contributed by atoms with van der Waals surface area (Å²) < 4.78 is 0. The lowest BCUT2D eigenvalue weighted by Gasteiger charge is -2.08. The lowest BCUT2D eigenvalue weighted by atomic mass is 10.1. The van der Waals surface area contributed by atoms with Crippen molar-refractivity contribution in [2.24, 2.45) is 0 Å². The average Bonchev–Trinajstić information content (AvgIpc) is 2.77. The van der Waals surface area contributed by atoms with Gasteiger partial charge in [-0.05, 0) is 43.9 Å². The molecule has 0 fully saturated rings. The van der Waals surface area contributed by atoms with Crippen LogP contribution in [0.3, 0.4) is 0 Å². The molecule has 0 aromatic carbocycles. The summed E-state index contributed by atoms with van der Waals surface area (Å²) in [6, 6.07) is 1.49. The minimum Gasteiger partial charge on any atom is -0.353 e. The first kappa shape index (κ1) is 24.5. The Bertz CT molecular complexity index is 704. The van der Waals surface area contributed by atoms with Gasteiger partial charge in [0.25, 0.3) is 11.8 Å². The van der Waals surface area contributed by atoms with Crippen molar-refractivity contribution in [2.75, 3.05) is 26.2 Å². The van der Waals surface area contributed by atoms with Crippen molar-refractivity contribution in [3.8, 4) is 0 Å². The summed E-state index contributed by atoms with van der Waals surface area (Å²) in [4.78, 5) is 50.4. The van der Waals surface area contributed by atoms with Crippen molar-refractivity contribution in [1.82, 2.24) is 26.3 Å². The van der Waals surface area contributed by atoms with Crippen LogP contribution in [0.1, 0.15) is 46.4 Å².